The summed E-state index contributed by atoms with van der Waals surface area (Å²) in [6, 6.07) is 5.56. The second kappa shape index (κ2) is 5.27. The van der Waals surface area contributed by atoms with Gasteiger partial charge in [-0.25, -0.2) is 0 Å². The Morgan fingerprint density at radius 1 is 1.42 bits per heavy atom. The maximum Gasteiger partial charge on any atom is 0.272 e. The molecule has 0 spiro atoms. The van der Waals surface area contributed by atoms with Crippen LogP contribution in [0.2, 0.25) is 0 Å². The second-order valence-corrected chi connectivity index (χ2v) is 4.64. The second-order valence-electron chi connectivity index (χ2n) is 4.64. The van der Waals surface area contributed by atoms with E-state index < -0.39 is 0 Å². The van der Waals surface area contributed by atoms with Gasteiger partial charge in [0.05, 0.1) is 6.26 Å². The molecule has 6 heteroatoms. The first-order valence-corrected chi connectivity index (χ1v) is 6.44. The summed E-state index contributed by atoms with van der Waals surface area (Å²) in [6.45, 7) is 1.90. The van der Waals surface area contributed by atoms with E-state index in [1.165, 1.54) is 0 Å². The highest BCUT2D eigenvalue weighted by Crippen LogP contribution is 2.17. The first kappa shape index (κ1) is 12.0. The summed E-state index contributed by atoms with van der Waals surface area (Å²) in [5.74, 6) is 0.536. The van der Waals surface area contributed by atoms with E-state index in [0.717, 1.165) is 25.9 Å². The molecule has 0 unspecified atom stereocenters. The van der Waals surface area contributed by atoms with Gasteiger partial charge in [0.2, 0.25) is 0 Å². The zero-order chi connectivity index (χ0) is 13.1. The molecule has 0 aliphatic carbocycles. The van der Waals surface area contributed by atoms with E-state index in [4.69, 9.17) is 4.42 Å². The van der Waals surface area contributed by atoms with Crippen molar-refractivity contribution in [1.29, 1.82) is 0 Å². The van der Waals surface area contributed by atoms with Crippen LogP contribution in [0.5, 0.6) is 0 Å². The average Bonchev–Trinajstić information content (AvgIpc) is 3.11. The lowest BCUT2D eigenvalue weighted by Crippen LogP contribution is -2.42. The summed E-state index contributed by atoms with van der Waals surface area (Å²) in [5, 5.41) is 13.1. The van der Waals surface area contributed by atoms with Crippen LogP contribution in [0.15, 0.2) is 28.9 Å². The molecular weight excluding hydrogens is 244 g/mol. The van der Waals surface area contributed by atoms with Crippen LogP contribution in [0.3, 0.4) is 0 Å². The standard InChI is InChI=1S/C13H16N4O2/c18-13(15-9-3-5-14-6-4-9)11-8-10(16-17-11)12-2-1-7-19-12/h1-2,7-9,14H,3-6H2,(H,15,18)(H,16,17). The van der Waals surface area contributed by atoms with E-state index >= 15 is 0 Å². The Labute approximate surface area is 110 Å². The molecule has 3 rings (SSSR count). The van der Waals surface area contributed by atoms with E-state index in [1.54, 1.807) is 18.4 Å². The van der Waals surface area contributed by atoms with Crippen molar-refractivity contribution in [3.05, 3.63) is 30.2 Å². The van der Waals surface area contributed by atoms with Gasteiger partial charge in [-0.2, -0.15) is 5.10 Å². The van der Waals surface area contributed by atoms with Gasteiger partial charge < -0.3 is 15.1 Å². The van der Waals surface area contributed by atoms with Crippen LogP contribution in [0, 0.1) is 0 Å². The number of carbonyl (C=O) groups is 1. The molecule has 0 atom stereocenters. The van der Waals surface area contributed by atoms with Crippen molar-refractivity contribution in [2.45, 2.75) is 18.9 Å². The van der Waals surface area contributed by atoms with Crippen molar-refractivity contribution in [3.8, 4) is 11.5 Å². The van der Waals surface area contributed by atoms with E-state index in [0.29, 0.717) is 17.1 Å². The van der Waals surface area contributed by atoms with Crippen molar-refractivity contribution in [1.82, 2.24) is 20.8 Å². The van der Waals surface area contributed by atoms with E-state index in [1.807, 2.05) is 6.07 Å². The predicted molar refractivity (Wildman–Crippen MR) is 69.6 cm³/mol. The Kier molecular flexibility index (Phi) is 3.33. The molecule has 3 heterocycles. The fourth-order valence-corrected chi connectivity index (χ4v) is 2.22. The van der Waals surface area contributed by atoms with Gasteiger partial charge in [0.25, 0.3) is 5.91 Å². The summed E-state index contributed by atoms with van der Waals surface area (Å²) < 4.78 is 5.25. The zero-order valence-electron chi connectivity index (χ0n) is 10.5. The monoisotopic (exact) mass is 260 g/mol. The number of H-pyrrole nitrogens is 1. The molecule has 3 N–H and O–H groups in total. The number of furan rings is 1. The van der Waals surface area contributed by atoms with Gasteiger partial charge >= 0.3 is 0 Å². The summed E-state index contributed by atoms with van der Waals surface area (Å²) >= 11 is 0. The average molecular weight is 260 g/mol. The Balaban J connectivity index is 1.67. The number of amides is 1. The molecule has 1 saturated heterocycles. The van der Waals surface area contributed by atoms with Crippen molar-refractivity contribution < 1.29 is 9.21 Å². The van der Waals surface area contributed by atoms with Crippen LogP contribution in [0.1, 0.15) is 23.3 Å². The minimum Gasteiger partial charge on any atom is -0.463 e. The molecule has 6 nitrogen and oxygen atoms in total. The Morgan fingerprint density at radius 2 is 2.26 bits per heavy atom. The molecule has 100 valence electrons. The molecule has 0 bridgehead atoms. The number of hydrogen-bond donors (Lipinski definition) is 3. The van der Waals surface area contributed by atoms with Crippen molar-refractivity contribution in [2.24, 2.45) is 0 Å². The lowest BCUT2D eigenvalue weighted by Gasteiger charge is -2.23. The van der Waals surface area contributed by atoms with Gasteiger partial charge in [0.15, 0.2) is 11.5 Å². The van der Waals surface area contributed by atoms with Crippen molar-refractivity contribution >= 4 is 5.91 Å². The predicted octanol–water partition coefficient (Wildman–Crippen LogP) is 1.15. The fraction of sp³-hybridized carbons (Fsp3) is 0.385. The molecule has 19 heavy (non-hydrogen) atoms. The molecule has 0 saturated carbocycles. The molecule has 1 amide bonds. The number of piperidine rings is 1. The lowest BCUT2D eigenvalue weighted by atomic mass is 10.1. The highest BCUT2D eigenvalue weighted by molar-refractivity contribution is 5.93. The lowest BCUT2D eigenvalue weighted by molar-refractivity contribution is 0.0924. The third-order valence-electron chi connectivity index (χ3n) is 3.27. The Morgan fingerprint density at radius 3 is 3.00 bits per heavy atom. The maximum absolute atomic E-state index is 12.1. The molecule has 0 radical (unpaired) electrons. The number of nitrogens with zero attached hydrogens (tertiary/aromatic N) is 1. The number of carbonyl (C=O) groups excluding carboxylic acids is 1. The van der Waals surface area contributed by atoms with Gasteiger partial charge in [0.1, 0.15) is 5.69 Å². The van der Waals surface area contributed by atoms with Crippen molar-refractivity contribution in [2.75, 3.05) is 13.1 Å². The summed E-state index contributed by atoms with van der Waals surface area (Å²) in [5.41, 5.74) is 1.10. The van der Waals surface area contributed by atoms with Gasteiger partial charge in [0, 0.05) is 12.1 Å². The summed E-state index contributed by atoms with van der Waals surface area (Å²) in [4.78, 5) is 12.1. The number of aromatic nitrogens is 2. The smallest absolute Gasteiger partial charge is 0.272 e. The van der Waals surface area contributed by atoms with Gasteiger partial charge in [-0.05, 0) is 38.1 Å². The van der Waals surface area contributed by atoms with Crippen LogP contribution in [-0.2, 0) is 0 Å². The molecule has 2 aromatic heterocycles. The highest BCUT2D eigenvalue weighted by Gasteiger charge is 2.18. The van der Waals surface area contributed by atoms with Crippen molar-refractivity contribution in [3.63, 3.8) is 0 Å². The molecular formula is C13H16N4O2. The first-order chi connectivity index (χ1) is 9.33. The fourth-order valence-electron chi connectivity index (χ4n) is 2.22. The largest absolute Gasteiger partial charge is 0.463 e. The van der Waals surface area contributed by atoms with E-state index in [9.17, 15) is 4.79 Å². The van der Waals surface area contributed by atoms with Gasteiger partial charge in [-0.15, -0.1) is 0 Å². The Bertz CT molecular complexity index is 541. The highest BCUT2D eigenvalue weighted by atomic mass is 16.3. The third kappa shape index (κ3) is 2.68. The van der Waals surface area contributed by atoms with Crippen LogP contribution in [0.25, 0.3) is 11.5 Å². The number of aromatic amines is 1. The minimum absolute atomic E-state index is 0.138. The summed E-state index contributed by atoms with van der Waals surface area (Å²) in [7, 11) is 0. The number of rotatable bonds is 3. The molecule has 1 aliphatic heterocycles. The normalized spacial score (nSPS) is 16.4. The zero-order valence-corrected chi connectivity index (χ0v) is 10.5. The third-order valence-corrected chi connectivity index (χ3v) is 3.27. The Hall–Kier alpha value is -2.08. The maximum atomic E-state index is 12.1. The van der Waals surface area contributed by atoms with Crippen LogP contribution < -0.4 is 10.6 Å². The van der Waals surface area contributed by atoms with E-state index in [-0.39, 0.29) is 11.9 Å². The number of nitrogens with one attached hydrogen (secondary N) is 3. The molecule has 2 aromatic rings. The van der Waals surface area contributed by atoms with Crippen LogP contribution in [-0.4, -0.2) is 35.2 Å². The summed E-state index contributed by atoms with van der Waals surface area (Å²) in [6.07, 6.45) is 3.51. The number of hydrogen-bond acceptors (Lipinski definition) is 4. The van der Waals surface area contributed by atoms with Crippen LogP contribution >= 0.6 is 0 Å². The topological polar surface area (TPSA) is 83.0 Å². The molecule has 1 fully saturated rings. The molecule has 0 aromatic carbocycles. The SMILES string of the molecule is O=C(NC1CCNCC1)c1cc(-c2ccco2)[nH]n1. The minimum atomic E-state index is -0.138. The first-order valence-electron chi connectivity index (χ1n) is 6.44. The van der Waals surface area contributed by atoms with Gasteiger partial charge in [-0.3, -0.25) is 9.89 Å². The van der Waals surface area contributed by atoms with E-state index in [2.05, 4.69) is 20.8 Å². The van der Waals surface area contributed by atoms with Crippen LogP contribution in [0.4, 0.5) is 0 Å². The quantitative estimate of drug-likeness (QED) is 0.773. The molecule has 1 aliphatic rings. The van der Waals surface area contributed by atoms with Gasteiger partial charge in [-0.1, -0.05) is 0 Å².